The predicted octanol–water partition coefficient (Wildman–Crippen LogP) is -0.628. The van der Waals surface area contributed by atoms with Gasteiger partial charge in [0.15, 0.2) is 0 Å². The molecule has 8 heteroatoms. The van der Waals surface area contributed by atoms with Crippen LogP contribution in [0.2, 0.25) is 0 Å². The highest BCUT2D eigenvalue weighted by Crippen LogP contribution is 2.09. The second-order valence-electron chi connectivity index (χ2n) is 5.14. The fourth-order valence-corrected chi connectivity index (χ4v) is 2.26. The molecule has 2 rings (SSSR count). The van der Waals surface area contributed by atoms with E-state index >= 15 is 0 Å². The van der Waals surface area contributed by atoms with Crippen LogP contribution in [0, 0.1) is 0 Å². The lowest BCUT2D eigenvalue weighted by Crippen LogP contribution is -2.48. The molecule has 1 N–H and O–H groups in total. The summed E-state index contributed by atoms with van der Waals surface area (Å²) in [5, 5.41) is 2.68. The third kappa shape index (κ3) is 4.49. The van der Waals surface area contributed by atoms with E-state index in [1.807, 2.05) is 0 Å². The average molecular weight is 320 g/mol. The molecule has 0 aromatic carbocycles. The van der Waals surface area contributed by atoms with Gasteiger partial charge in [-0.1, -0.05) is 0 Å². The molecule has 3 amide bonds. The van der Waals surface area contributed by atoms with Crippen LogP contribution in [-0.4, -0.2) is 79.4 Å². The summed E-state index contributed by atoms with van der Waals surface area (Å²) in [6, 6.07) is 1.53. The van der Waals surface area contributed by atoms with Gasteiger partial charge < -0.3 is 19.9 Å². The summed E-state index contributed by atoms with van der Waals surface area (Å²) in [7, 11) is 1.55. The summed E-state index contributed by atoms with van der Waals surface area (Å²) in [5.41, 5.74) is 0.697. The van der Waals surface area contributed by atoms with Crippen LogP contribution in [0.15, 0.2) is 18.5 Å². The number of ether oxygens (including phenoxy) is 1. The van der Waals surface area contributed by atoms with Crippen LogP contribution in [0.1, 0.15) is 20.7 Å². The number of hydrogen-bond donors (Lipinski definition) is 1. The van der Waals surface area contributed by atoms with E-state index in [9.17, 15) is 14.4 Å². The maximum Gasteiger partial charge on any atom is 0.255 e. The summed E-state index contributed by atoms with van der Waals surface area (Å²) in [6.07, 6.45) is 3.65. The van der Waals surface area contributed by atoms with Gasteiger partial charge in [-0.25, -0.2) is 0 Å². The lowest BCUT2D eigenvalue weighted by atomic mass is 10.1. The zero-order valence-corrected chi connectivity index (χ0v) is 13.0. The van der Waals surface area contributed by atoms with Crippen LogP contribution in [-0.2, 0) is 9.53 Å². The normalized spacial score (nSPS) is 14.5. The number of nitrogens with one attached hydrogen (secondary N) is 1. The quantitative estimate of drug-likeness (QED) is 0.557. The van der Waals surface area contributed by atoms with E-state index in [-0.39, 0.29) is 11.8 Å². The van der Waals surface area contributed by atoms with Crippen molar-refractivity contribution in [2.45, 2.75) is 0 Å². The molecule has 0 radical (unpaired) electrons. The van der Waals surface area contributed by atoms with Gasteiger partial charge in [-0.05, 0) is 6.07 Å². The first-order chi connectivity index (χ1) is 11.2. The Morgan fingerprint density at radius 1 is 1.26 bits per heavy atom. The van der Waals surface area contributed by atoms with Crippen molar-refractivity contribution in [1.29, 1.82) is 0 Å². The lowest BCUT2D eigenvalue weighted by molar-refractivity contribution is -0.119. The summed E-state index contributed by atoms with van der Waals surface area (Å²) in [4.78, 5) is 42.4. The Bertz CT molecular complexity index is 570. The molecule has 124 valence electrons. The molecule has 2 heterocycles. The smallest absolute Gasteiger partial charge is 0.255 e. The highest BCUT2D eigenvalue weighted by Gasteiger charge is 2.22. The van der Waals surface area contributed by atoms with E-state index in [0.29, 0.717) is 50.5 Å². The number of carbonyl (C=O) groups excluding carboxylic acids is 3. The van der Waals surface area contributed by atoms with Crippen molar-refractivity contribution in [3.8, 4) is 0 Å². The minimum Gasteiger partial charge on any atom is -0.383 e. The molecular weight excluding hydrogens is 300 g/mol. The van der Waals surface area contributed by atoms with E-state index in [0.717, 1.165) is 6.41 Å². The predicted molar refractivity (Wildman–Crippen MR) is 82.0 cm³/mol. The summed E-state index contributed by atoms with van der Waals surface area (Å²) in [6.45, 7) is 2.78. The number of methoxy groups -OCH3 is 1. The number of carbonyl (C=O) groups is 3. The topological polar surface area (TPSA) is 91.8 Å². The first kappa shape index (κ1) is 16.9. The lowest BCUT2D eigenvalue weighted by Gasteiger charge is -2.32. The van der Waals surface area contributed by atoms with Gasteiger partial charge >= 0.3 is 0 Å². The van der Waals surface area contributed by atoms with Gasteiger partial charge in [-0.2, -0.15) is 0 Å². The molecular formula is C15H20N4O4. The van der Waals surface area contributed by atoms with Gasteiger partial charge in [0, 0.05) is 52.2 Å². The van der Waals surface area contributed by atoms with E-state index in [2.05, 4.69) is 10.3 Å². The first-order valence-corrected chi connectivity index (χ1v) is 7.36. The molecule has 0 saturated carbocycles. The molecule has 23 heavy (non-hydrogen) atoms. The van der Waals surface area contributed by atoms with E-state index in [4.69, 9.17) is 4.74 Å². The number of aromatic nitrogens is 1. The SMILES string of the molecule is COCCNC(=O)c1cncc(C(=O)N2CCN(C=O)CC2)c1. The molecule has 0 aliphatic carbocycles. The molecule has 1 aliphatic rings. The number of hydrogen-bond acceptors (Lipinski definition) is 5. The maximum atomic E-state index is 12.5. The van der Waals surface area contributed by atoms with Crippen molar-refractivity contribution in [3.63, 3.8) is 0 Å². The maximum absolute atomic E-state index is 12.5. The number of amides is 3. The summed E-state index contributed by atoms with van der Waals surface area (Å²) >= 11 is 0. The molecule has 1 saturated heterocycles. The molecule has 1 aliphatic heterocycles. The van der Waals surface area contributed by atoms with Gasteiger partial charge in [0.1, 0.15) is 0 Å². The summed E-state index contributed by atoms with van der Waals surface area (Å²) < 4.78 is 4.87. The van der Waals surface area contributed by atoms with E-state index in [1.165, 1.54) is 18.5 Å². The first-order valence-electron chi connectivity index (χ1n) is 7.36. The monoisotopic (exact) mass is 320 g/mol. The average Bonchev–Trinajstić information content (AvgIpc) is 2.61. The third-order valence-electron chi connectivity index (χ3n) is 3.59. The van der Waals surface area contributed by atoms with Crippen molar-refractivity contribution in [2.75, 3.05) is 46.4 Å². The minimum atomic E-state index is -0.296. The molecule has 1 aromatic heterocycles. The van der Waals surface area contributed by atoms with Crippen molar-refractivity contribution in [3.05, 3.63) is 29.6 Å². The number of rotatable bonds is 6. The molecule has 8 nitrogen and oxygen atoms in total. The van der Waals surface area contributed by atoms with Gasteiger partial charge in [-0.15, -0.1) is 0 Å². The van der Waals surface area contributed by atoms with Gasteiger partial charge in [-0.3, -0.25) is 19.4 Å². The van der Waals surface area contributed by atoms with E-state index < -0.39 is 0 Å². The standard InChI is InChI=1S/C15H20N4O4/c1-23-7-2-17-14(21)12-8-13(10-16-9-12)15(22)19-5-3-18(11-20)4-6-19/h8-11H,2-7H2,1H3,(H,17,21). The Labute approximate surface area is 134 Å². The highest BCUT2D eigenvalue weighted by atomic mass is 16.5. The van der Waals surface area contributed by atoms with Gasteiger partial charge in [0.05, 0.1) is 17.7 Å². The van der Waals surface area contributed by atoms with Gasteiger partial charge in [0.25, 0.3) is 11.8 Å². The zero-order valence-electron chi connectivity index (χ0n) is 13.0. The highest BCUT2D eigenvalue weighted by molar-refractivity contribution is 5.99. The summed E-state index contributed by atoms with van der Waals surface area (Å²) in [5.74, 6) is -0.482. The third-order valence-corrected chi connectivity index (χ3v) is 3.59. The fraction of sp³-hybridized carbons (Fsp3) is 0.467. The van der Waals surface area contributed by atoms with Crippen molar-refractivity contribution in [2.24, 2.45) is 0 Å². The van der Waals surface area contributed by atoms with Gasteiger partial charge in [0.2, 0.25) is 6.41 Å². The van der Waals surface area contributed by atoms with E-state index in [1.54, 1.807) is 16.9 Å². The molecule has 0 bridgehead atoms. The fourth-order valence-electron chi connectivity index (χ4n) is 2.26. The molecule has 0 atom stereocenters. The number of piperazine rings is 1. The van der Waals surface area contributed by atoms with Crippen LogP contribution >= 0.6 is 0 Å². The van der Waals surface area contributed by atoms with Crippen molar-refractivity contribution in [1.82, 2.24) is 20.1 Å². The van der Waals surface area contributed by atoms with Crippen LogP contribution < -0.4 is 5.32 Å². The van der Waals surface area contributed by atoms with Crippen LogP contribution in [0.3, 0.4) is 0 Å². The Balaban J connectivity index is 2.00. The largest absolute Gasteiger partial charge is 0.383 e. The van der Waals surface area contributed by atoms with Crippen molar-refractivity contribution >= 4 is 18.2 Å². The Hall–Kier alpha value is -2.48. The van der Waals surface area contributed by atoms with Crippen LogP contribution in [0.5, 0.6) is 0 Å². The number of pyridine rings is 1. The second kappa shape index (κ2) is 8.23. The zero-order chi connectivity index (χ0) is 16.7. The van der Waals surface area contributed by atoms with Crippen LogP contribution in [0.4, 0.5) is 0 Å². The van der Waals surface area contributed by atoms with Crippen LogP contribution in [0.25, 0.3) is 0 Å². The molecule has 1 aromatic rings. The number of nitrogens with zero attached hydrogens (tertiary/aromatic N) is 3. The second-order valence-corrected chi connectivity index (χ2v) is 5.14. The minimum absolute atomic E-state index is 0.186. The Kier molecular flexibility index (Phi) is 6.04. The van der Waals surface area contributed by atoms with Crippen molar-refractivity contribution < 1.29 is 19.1 Å². The molecule has 0 spiro atoms. The molecule has 1 fully saturated rings. The Morgan fingerprint density at radius 3 is 2.61 bits per heavy atom. The molecule has 0 unspecified atom stereocenters. The Morgan fingerprint density at radius 2 is 1.96 bits per heavy atom.